The predicted octanol–water partition coefficient (Wildman–Crippen LogP) is 3.59. The van der Waals surface area contributed by atoms with Gasteiger partial charge in [-0.2, -0.15) is 0 Å². The Hall–Kier alpha value is -1.75. The van der Waals surface area contributed by atoms with Crippen LogP contribution in [0.15, 0.2) is 29.3 Å². The summed E-state index contributed by atoms with van der Waals surface area (Å²) in [6.45, 7) is 4.73. The second kappa shape index (κ2) is 8.51. The van der Waals surface area contributed by atoms with Gasteiger partial charge in [-0.15, -0.1) is 0 Å². The number of guanidine groups is 1. The lowest BCUT2D eigenvalue weighted by Gasteiger charge is -2.25. The van der Waals surface area contributed by atoms with Crippen LogP contribution in [0, 0.1) is 5.41 Å². The summed E-state index contributed by atoms with van der Waals surface area (Å²) in [4.78, 5) is 6.88. The third-order valence-corrected chi connectivity index (χ3v) is 6.36. The third kappa shape index (κ3) is 4.57. The molecule has 2 saturated heterocycles. The average Bonchev–Trinajstić information content (AvgIpc) is 3.34. The Morgan fingerprint density at radius 1 is 1.22 bits per heavy atom. The smallest absolute Gasteiger partial charge is 0.193 e. The molecule has 3 fully saturated rings. The van der Waals surface area contributed by atoms with E-state index in [4.69, 9.17) is 9.47 Å². The first-order chi connectivity index (χ1) is 13.3. The molecule has 1 saturated carbocycles. The molecular weight excluding hydrogens is 338 g/mol. The molecule has 1 unspecified atom stereocenters. The highest BCUT2D eigenvalue weighted by Crippen LogP contribution is 2.38. The van der Waals surface area contributed by atoms with Gasteiger partial charge in [0.1, 0.15) is 5.75 Å². The maximum atomic E-state index is 6.13. The van der Waals surface area contributed by atoms with Crippen molar-refractivity contribution < 1.29 is 9.47 Å². The standard InChI is InChI=1S/C22H33N3O2/c1-23-21(25-13-11-22(16-25)12-14-26-17-22)24-15-18-7-9-20(10-8-18)27-19-5-3-2-4-6-19/h7-10,19H,2-6,11-17H2,1H3,(H,23,24). The molecular formula is C22H33N3O2. The average molecular weight is 372 g/mol. The number of aliphatic imine (C=N–C) groups is 1. The van der Waals surface area contributed by atoms with Crippen molar-refractivity contribution in [3.63, 3.8) is 0 Å². The van der Waals surface area contributed by atoms with Gasteiger partial charge in [-0.25, -0.2) is 0 Å². The van der Waals surface area contributed by atoms with Gasteiger partial charge >= 0.3 is 0 Å². The van der Waals surface area contributed by atoms with Gasteiger partial charge in [0, 0.05) is 38.7 Å². The van der Waals surface area contributed by atoms with E-state index in [-0.39, 0.29) is 0 Å². The van der Waals surface area contributed by atoms with Crippen LogP contribution in [-0.2, 0) is 11.3 Å². The fourth-order valence-electron chi connectivity index (χ4n) is 4.66. The molecule has 0 aromatic heterocycles. The largest absolute Gasteiger partial charge is 0.490 e. The van der Waals surface area contributed by atoms with Crippen molar-refractivity contribution in [2.75, 3.05) is 33.4 Å². The van der Waals surface area contributed by atoms with Crippen molar-refractivity contribution in [2.24, 2.45) is 10.4 Å². The van der Waals surface area contributed by atoms with Gasteiger partial charge < -0.3 is 19.7 Å². The summed E-state index contributed by atoms with van der Waals surface area (Å²) < 4.78 is 11.8. The van der Waals surface area contributed by atoms with Crippen molar-refractivity contribution in [3.05, 3.63) is 29.8 Å². The zero-order valence-corrected chi connectivity index (χ0v) is 16.6. The third-order valence-electron chi connectivity index (χ3n) is 6.36. The first-order valence-corrected chi connectivity index (χ1v) is 10.6. The SMILES string of the molecule is CN=C(NCc1ccc(OC2CCCCC2)cc1)N1CCC2(CCOC2)C1. The summed E-state index contributed by atoms with van der Waals surface area (Å²) >= 11 is 0. The Balaban J connectivity index is 1.27. The lowest BCUT2D eigenvalue weighted by molar-refractivity contribution is 0.155. The van der Waals surface area contributed by atoms with Crippen LogP contribution in [0.25, 0.3) is 0 Å². The normalized spacial score (nSPS) is 26.7. The second-order valence-corrected chi connectivity index (χ2v) is 8.40. The first kappa shape index (κ1) is 18.6. The molecule has 0 radical (unpaired) electrons. The highest BCUT2D eigenvalue weighted by Gasteiger charge is 2.42. The molecule has 1 aliphatic carbocycles. The lowest BCUT2D eigenvalue weighted by atomic mass is 9.87. The summed E-state index contributed by atoms with van der Waals surface area (Å²) in [5, 5.41) is 3.53. The number of nitrogens with one attached hydrogen (secondary N) is 1. The Morgan fingerprint density at radius 3 is 2.74 bits per heavy atom. The Kier molecular flexibility index (Phi) is 5.86. The molecule has 1 spiro atoms. The Labute approximate surface area is 163 Å². The van der Waals surface area contributed by atoms with Crippen LogP contribution >= 0.6 is 0 Å². The highest BCUT2D eigenvalue weighted by molar-refractivity contribution is 5.80. The van der Waals surface area contributed by atoms with Gasteiger partial charge in [0.25, 0.3) is 0 Å². The molecule has 1 atom stereocenters. The quantitative estimate of drug-likeness (QED) is 0.649. The van der Waals surface area contributed by atoms with E-state index in [1.54, 1.807) is 0 Å². The monoisotopic (exact) mass is 371 g/mol. The van der Waals surface area contributed by atoms with Crippen molar-refractivity contribution in [3.8, 4) is 5.75 Å². The zero-order chi connectivity index (χ0) is 18.5. The second-order valence-electron chi connectivity index (χ2n) is 8.40. The van der Waals surface area contributed by atoms with Crippen molar-refractivity contribution in [1.29, 1.82) is 0 Å². The summed E-state index contributed by atoms with van der Waals surface area (Å²) in [5.41, 5.74) is 1.61. The van der Waals surface area contributed by atoms with E-state index >= 15 is 0 Å². The number of likely N-dealkylation sites (tertiary alicyclic amines) is 1. The number of nitrogens with zero attached hydrogens (tertiary/aromatic N) is 2. The van der Waals surface area contributed by atoms with Gasteiger partial charge in [0.15, 0.2) is 5.96 Å². The van der Waals surface area contributed by atoms with Crippen LogP contribution < -0.4 is 10.1 Å². The van der Waals surface area contributed by atoms with E-state index in [0.717, 1.165) is 44.6 Å². The Morgan fingerprint density at radius 2 is 2.04 bits per heavy atom. The van der Waals surface area contributed by atoms with E-state index < -0.39 is 0 Å². The molecule has 148 valence electrons. The van der Waals surface area contributed by atoms with E-state index in [0.29, 0.717) is 11.5 Å². The fourth-order valence-corrected chi connectivity index (χ4v) is 4.66. The van der Waals surface area contributed by atoms with Crippen molar-refractivity contribution in [1.82, 2.24) is 10.2 Å². The summed E-state index contributed by atoms with van der Waals surface area (Å²) in [7, 11) is 1.87. The molecule has 3 aliphatic rings. The number of benzene rings is 1. The first-order valence-electron chi connectivity index (χ1n) is 10.6. The van der Waals surface area contributed by atoms with Gasteiger partial charge in [-0.05, 0) is 56.2 Å². The van der Waals surface area contributed by atoms with E-state index in [1.807, 2.05) is 7.05 Å². The molecule has 4 rings (SSSR count). The molecule has 1 aromatic carbocycles. The van der Waals surface area contributed by atoms with Crippen LogP contribution in [0.1, 0.15) is 50.5 Å². The number of rotatable bonds is 4. The van der Waals surface area contributed by atoms with Crippen LogP contribution in [0.2, 0.25) is 0 Å². The minimum absolute atomic E-state index is 0.357. The number of hydrogen-bond acceptors (Lipinski definition) is 3. The topological polar surface area (TPSA) is 46.1 Å². The van der Waals surface area contributed by atoms with Gasteiger partial charge in [0.05, 0.1) is 12.7 Å². The molecule has 2 heterocycles. The molecule has 5 heteroatoms. The van der Waals surface area contributed by atoms with E-state index in [9.17, 15) is 0 Å². The fraction of sp³-hybridized carbons (Fsp3) is 0.682. The maximum Gasteiger partial charge on any atom is 0.193 e. The molecule has 0 amide bonds. The Bertz CT molecular complexity index is 631. The van der Waals surface area contributed by atoms with Crippen LogP contribution in [0.4, 0.5) is 0 Å². The van der Waals surface area contributed by atoms with Crippen LogP contribution in [-0.4, -0.2) is 50.3 Å². The van der Waals surface area contributed by atoms with E-state index in [1.165, 1.54) is 50.5 Å². The molecule has 5 nitrogen and oxygen atoms in total. The van der Waals surface area contributed by atoms with Crippen molar-refractivity contribution >= 4 is 5.96 Å². The molecule has 27 heavy (non-hydrogen) atoms. The molecule has 1 aromatic rings. The number of ether oxygens (including phenoxy) is 2. The van der Waals surface area contributed by atoms with E-state index in [2.05, 4.69) is 39.5 Å². The summed E-state index contributed by atoms with van der Waals surface area (Å²) in [6, 6.07) is 8.54. The minimum atomic E-state index is 0.357. The summed E-state index contributed by atoms with van der Waals surface area (Å²) in [5.74, 6) is 2.00. The van der Waals surface area contributed by atoms with Crippen molar-refractivity contribution in [2.45, 2.75) is 57.6 Å². The molecule has 1 N–H and O–H groups in total. The molecule has 2 aliphatic heterocycles. The van der Waals surface area contributed by atoms with Gasteiger partial charge in [0.2, 0.25) is 0 Å². The number of hydrogen-bond donors (Lipinski definition) is 1. The van der Waals surface area contributed by atoms with Crippen LogP contribution in [0.5, 0.6) is 5.75 Å². The van der Waals surface area contributed by atoms with Crippen LogP contribution in [0.3, 0.4) is 0 Å². The maximum absolute atomic E-state index is 6.13. The zero-order valence-electron chi connectivity index (χ0n) is 16.6. The highest BCUT2D eigenvalue weighted by atomic mass is 16.5. The molecule has 0 bridgehead atoms. The predicted molar refractivity (Wildman–Crippen MR) is 108 cm³/mol. The van der Waals surface area contributed by atoms with Gasteiger partial charge in [-0.1, -0.05) is 18.6 Å². The van der Waals surface area contributed by atoms with Gasteiger partial charge in [-0.3, -0.25) is 4.99 Å². The minimum Gasteiger partial charge on any atom is -0.490 e. The summed E-state index contributed by atoms with van der Waals surface area (Å²) in [6.07, 6.45) is 9.15. The lowest BCUT2D eigenvalue weighted by Crippen LogP contribution is -2.41.